The first-order valence-corrected chi connectivity index (χ1v) is 8.24. The van der Waals surface area contributed by atoms with Gasteiger partial charge in [0.15, 0.2) is 0 Å². The first kappa shape index (κ1) is 16.1. The van der Waals surface area contributed by atoms with Crippen LogP contribution in [0, 0.1) is 0 Å². The Hall–Kier alpha value is -0.980. The summed E-state index contributed by atoms with van der Waals surface area (Å²) in [6.07, 6.45) is 3.44. The Morgan fingerprint density at radius 2 is 2.00 bits per heavy atom. The van der Waals surface area contributed by atoms with Crippen molar-refractivity contribution in [2.24, 2.45) is 5.73 Å². The molecule has 108 valence electrons. The van der Waals surface area contributed by atoms with Gasteiger partial charge in [0.25, 0.3) is 0 Å². The summed E-state index contributed by atoms with van der Waals surface area (Å²) in [5, 5.41) is 0. The predicted octanol–water partition coefficient (Wildman–Crippen LogP) is 1.06. The van der Waals surface area contributed by atoms with Gasteiger partial charge in [-0.3, -0.25) is 4.98 Å². The number of hydrogen-bond acceptors (Lipinski definition) is 4. The molecule has 0 bridgehead atoms. The van der Waals surface area contributed by atoms with Crippen molar-refractivity contribution < 1.29 is 8.42 Å². The molecule has 0 atom stereocenters. The molecule has 0 spiro atoms. The molecule has 5 nitrogen and oxygen atoms in total. The molecule has 3 N–H and O–H groups in total. The van der Waals surface area contributed by atoms with Crippen LogP contribution in [0.15, 0.2) is 24.4 Å². The van der Waals surface area contributed by atoms with Crippen LogP contribution in [0.1, 0.15) is 32.4 Å². The fourth-order valence-electron chi connectivity index (χ4n) is 1.89. The number of nitrogens with one attached hydrogen (secondary N) is 1. The van der Waals surface area contributed by atoms with Gasteiger partial charge in [0, 0.05) is 30.4 Å². The van der Waals surface area contributed by atoms with Crippen LogP contribution in [-0.2, 0) is 16.4 Å². The van der Waals surface area contributed by atoms with Crippen molar-refractivity contribution in [3.8, 4) is 0 Å². The summed E-state index contributed by atoms with van der Waals surface area (Å²) >= 11 is 0. The minimum Gasteiger partial charge on any atom is -0.329 e. The smallest absolute Gasteiger partial charge is 0.212 e. The van der Waals surface area contributed by atoms with Crippen molar-refractivity contribution in [3.63, 3.8) is 0 Å². The molecule has 1 aromatic heterocycles. The summed E-state index contributed by atoms with van der Waals surface area (Å²) in [4.78, 5) is 4.12. The van der Waals surface area contributed by atoms with Crippen molar-refractivity contribution in [1.82, 2.24) is 9.71 Å². The molecule has 0 saturated carbocycles. The van der Waals surface area contributed by atoms with Gasteiger partial charge in [-0.1, -0.05) is 19.9 Å². The molecule has 0 amide bonds. The van der Waals surface area contributed by atoms with E-state index in [-0.39, 0.29) is 5.75 Å². The highest BCUT2D eigenvalue weighted by Gasteiger charge is 2.29. The maximum atomic E-state index is 12.1. The van der Waals surface area contributed by atoms with Crippen LogP contribution in [-0.4, -0.2) is 31.2 Å². The molecule has 1 heterocycles. The quantitative estimate of drug-likeness (QED) is 0.748. The number of hydrogen-bond donors (Lipinski definition) is 2. The lowest BCUT2D eigenvalue weighted by Crippen LogP contribution is -2.53. The fraction of sp³-hybridized carbons (Fsp3) is 0.615. The van der Waals surface area contributed by atoms with Crippen LogP contribution in [0.25, 0.3) is 0 Å². The van der Waals surface area contributed by atoms with Gasteiger partial charge in [0.1, 0.15) is 0 Å². The number of sulfonamides is 1. The van der Waals surface area contributed by atoms with Gasteiger partial charge in [-0.15, -0.1) is 0 Å². The van der Waals surface area contributed by atoms with Crippen LogP contribution in [0.5, 0.6) is 0 Å². The van der Waals surface area contributed by atoms with E-state index in [1.165, 1.54) is 0 Å². The summed E-state index contributed by atoms with van der Waals surface area (Å²) in [5.41, 5.74) is 5.96. The van der Waals surface area contributed by atoms with Crippen molar-refractivity contribution >= 4 is 10.0 Å². The van der Waals surface area contributed by atoms with Gasteiger partial charge >= 0.3 is 0 Å². The highest BCUT2D eigenvalue weighted by molar-refractivity contribution is 7.89. The van der Waals surface area contributed by atoms with Gasteiger partial charge in [0.2, 0.25) is 10.0 Å². The number of aromatic nitrogens is 1. The molecule has 0 fully saturated rings. The Bertz CT molecular complexity index is 462. The minimum absolute atomic E-state index is 0.0335. The normalized spacial score (nSPS) is 12.6. The third-order valence-electron chi connectivity index (χ3n) is 3.47. The van der Waals surface area contributed by atoms with Gasteiger partial charge in [-0.05, 0) is 25.0 Å². The average molecular weight is 285 g/mol. The lowest BCUT2D eigenvalue weighted by Gasteiger charge is -2.30. The predicted molar refractivity (Wildman–Crippen MR) is 77.2 cm³/mol. The van der Waals surface area contributed by atoms with Gasteiger partial charge in [0.05, 0.1) is 5.75 Å². The van der Waals surface area contributed by atoms with E-state index in [4.69, 9.17) is 5.73 Å². The van der Waals surface area contributed by atoms with Gasteiger partial charge < -0.3 is 5.73 Å². The van der Waals surface area contributed by atoms with E-state index in [1.54, 1.807) is 6.20 Å². The second-order valence-electron chi connectivity index (χ2n) is 4.68. The first-order chi connectivity index (χ1) is 8.97. The third-order valence-corrected chi connectivity index (χ3v) is 4.95. The molecular formula is C13H23N3O2S. The van der Waals surface area contributed by atoms with E-state index in [9.17, 15) is 8.42 Å². The van der Waals surface area contributed by atoms with Crippen molar-refractivity contribution in [2.45, 2.75) is 38.6 Å². The Balaban J connectivity index is 2.66. The van der Waals surface area contributed by atoms with Crippen molar-refractivity contribution in [2.75, 3.05) is 12.3 Å². The molecule has 0 unspecified atom stereocenters. The molecule has 1 rings (SSSR count). The number of aryl methyl sites for hydroxylation is 1. The highest BCUT2D eigenvalue weighted by atomic mass is 32.2. The summed E-state index contributed by atoms with van der Waals surface area (Å²) < 4.78 is 26.9. The monoisotopic (exact) mass is 285 g/mol. The topological polar surface area (TPSA) is 85.1 Å². The zero-order valence-electron chi connectivity index (χ0n) is 11.6. The van der Waals surface area contributed by atoms with E-state index in [0.29, 0.717) is 25.8 Å². The lowest BCUT2D eigenvalue weighted by molar-refractivity contribution is 0.363. The summed E-state index contributed by atoms with van der Waals surface area (Å²) in [5.74, 6) is 0.0335. The zero-order chi connectivity index (χ0) is 14.4. The first-order valence-electron chi connectivity index (χ1n) is 6.58. The van der Waals surface area contributed by atoms with Crippen LogP contribution in [0.4, 0.5) is 0 Å². The number of nitrogens with two attached hydrogens (primary N) is 1. The number of pyridine rings is 1. The molecule has 1 aromatic rings. The molecular weight excluding hydrogens is 262 g/mol. The van der Waals surface area contributed by atoms with Crippen LogP contribution < -0.4 is 10.5 Å². The fourth-order valence-corrected chi connectivity index (χ4v) is 3.50. The third kappa shape index (κ3) is 4.89. The number of rotatable bonds is 8. The average Bonchev–Trinajstić information content (AvgIpc) is 2.44. The zero-order valence-corrected chi connectivity index (χ0v) is 12.4. The summed E-state index contributed by atoms with van der Waals surface area (Å²) in [6, 6.07) is 5.49. The molecule has 0 aliphatic heterocycles. The Labute approximate surface area is 115 Å². The van der Waals surface area contributed by atoms with E-state index in [2.05, 4.69) is 9.71 Å². The van der Waals surface area contributed by atoms with Crippen molar-refractivity contribution in [3.05, 3.63) is 30.1 Å². The molecule has 0 aliphatic carbocycles. The standard InChI is InChI=1S/C13H23N3O2S/c1-3-13(4-2,11-14)16-19(17,18)10-8-12-7-5-6-9-15-12/h5-7,9,16H,3-4,8,10-11,14H2,1-2H3. The maximum absolute atomic E-state index is 12.1. The van der Waals surface area contributed by atoms with E-state index in [0.717, 1.165) is 5.69 Å². The van der Waals surface area contributed by atoms with Crippen molar-refractivity contribution in [1.29, 1.82) is 0 Å². The maximum Gasteiger partial charge on any atom is 0.212 e. The number of nitrogens with zero attached hydrogens (tertiary/aromatic N) is 1. The Kier molecular flexibility index (Phi) is 5.90. The molecule has 19 heavy (non-hydrogen) atoms. The van der Waals surface area contributed by atoms with Gasteiger partial charge in [-0.25, -0.2) is 13.1 Å². The van der Waals surface area contributed by atoms with E-state index in [1.807, 2.05) is 32.0 Å². The summed E-state index contributed by atoms with van der Waals surface area (Å²) in [6.45, 7) is 4.19. The molecule has 0 radical (unpaired) electrons. The van der Waals surface area contributed by atoms with Gasteiger partial charge in [-0.2, -0.15) is 0 Å². The Morgan fingerprint density at radius 1 is 1.32 bits per heavy atom. The second-order valence-corrected chi connectivity index (χ2v) is 6.53. The SMILES string of the molecule is CCC(CC)(CN)NS(=O)(=O)CCc1ccccn1. The molecule has 0 aromatic carbocycles. The lowest BCUT2D eigenvalue weighted by atomic mass is 9.95. The molecule has 6 heteroatoms. The van der Waals surface area contributed by atoms with Crippen LogP contribution >= 0.6 is 0 Å². The molecule has 0 aliphatic rings. The minimum atomic E-state index is -3.34. The van der Waals surface area contributed by atoms with E-state index < -0.39 is 15.6 Å². The van der Waals surface area contributed by atoms with E-state index >= 15 is 0 Å². The molecule has 0 saturated heterocycles. The van der Waals surface area contributed by atoms with Crippen LogP contribution in [0.3, 0.4) is 0 Å². The summed E-state index contributed by atoms with van der Waals surface area (Å²) in [7, 11) is -3.34. The second kappa shape index (κ2) is 6.98. The van der Waals surface area contributed by atoms with Crippen LogP contribution in [0.2, 0.25) is 0 Å². The Morgan fingerprint density at radius 3 is 2.47 bits per heavy atom. The largest absolute Gasteiger partial charge is 0.329 e. The highest BCUT2D eigenvalue weighted by Crippen LogP contribution is 2.15.